The van der Waals surface area contributed by atoms with Crippen LogP contribution in [0.5, 0.6) is 0 Å². The monoisotopic (exact) mass is 369 g/mol. The van der Waals surface area contributed by atoms with E-state index in [4.69, 9.17) is 4.74 Å². The van der Waals surface area contributed by atoms with Crippen LogP contribution in [0.1, 0.15) is 19.4 Å². The molecule has 8 heteroatoms. The summed E-state index contributed by atoms with van der Waals surface area (Å²) >= 11 is 1.60. The van der Waals surface area contributed by atoms with Crippen LogP contribution in [0, 0.1) is 0 Å². The minimum atomic E-state index is -0.211. The molecule has 0 unspecified atom stereocenters. The summed E-state index contributed by atoms with van der Waals surface area (Å²) in [7, 11) is 0. The number of allylic oxidation sites excluding steroid dienone is 1. The Morgan fingerprint density at radius 2 is 2.27 bits per heavy atom. The first-order chi connectivity index (χ1) is 12.7. The summed E-state index contributed by atoms with van der Waals surface area (Å²) in [5, 5.41) is 11.5. The fourth-order valence-corrected chi connectivity index (χ4v) is 3.29. The van der Waals surface area contributed by atoms with Gasteiger partial charge in [-0.3, -0.25) is 9.89 Å². The molecule has 3 rings (SSSR count). The van der Waals surface area contributed by atoms with Gasteiger partial charge in [0.25, 0.3) is 5.91 Å². The zero-order valence-electron chi connectivity index (χ0n) is 14.5. The van der Waals surface area contributed by atoms with Gasteiger partial charge in [0.15, 0.2) is 5.65 Å². The van der Waals surface area contributed by atoms with Crippen LogP contribution < -0.4 is 5.32 Å². The maximum Gasteiger partial charge on any atom is 0.251 e. The summed E-state index contributed by atoms with van der Waals surface area (Å²) in [6.45, 7) is 4.18. The molecule has 26 heavy (non-hydrogen) atoms. The first-order valence-electron chi connectivity index (χ1n) is 8.13. The van der Waals surface area contributed by atoms with Crippen LogP contribution in [0.15, 0.2) is 53.7 Å². The number of thioether (sulfide) groups is 1. The van der Waals surface area contributed by atoms with Crippen molar-refractivity contribution in [2.45, 2.75) is 24.6 Å². The number of carbonyl (C=O) groups is 1. The van der Waals surface area contributed by atoms with Gasteiger partial charge in [-0.1, -0.05) is 12.1 Å². The molecule has 0 bridgehead atoms. The highest BCUT2D eigenvalue weighted by Crippen LogP contribution is 2.27. The number of ether oxygens (including phenoxy) is 1. The molecule has 1 aromatic carbocycles. The summed E-state index contributed by atoms with van der Waals surface area (Å²) in [4.78, 5) is 20.5. The zero-order valence-corrected chi connectivity index (χ0v) is 15.3. The third-order valence-corrected chi connectivity index (χ3v) is 4.56. The molecule has 0 atom stereocenters. The van der Waals surface area contributed by atoms with E-state index in [1.807, 2.05) is 31.2 Å². The highest BCUT2D eigenvalue weighted by atomic mass is 32.2. The average molecular weight is 369 g/mol. The van der Waals surface area contributed by atoms with Crippen molar-refractivity contribution in [1.29, 1.82) is 0 Å². The lowest BCUT2D eigenvalue weighted by molar-refractivity contribution is -0.112. The predicted molar refractivity (Wildman–Crippen MR) is 102 cm³/mol. The van der Waals surface area contributed by atoms with Crippen LogP contribution in [0.4, 0.5) is 5.69 Å². The van der Waals surface area contributed by atoms with Gasteiger partial charge in [-0.25, -0.2) is 9.97 Å². The molecule has 0 radical (unpaired) electrons. The smallest absolute Gasteiger partial charge is 0.251 e. The lowest BCUT2D eigenvalue weighted by atomic mass is 10.2. The van der Waals surface area contributed by atoms with Gasteiger partial charge in [-0.2, -0.15) is 5.10 Å². The quantitative estimate of drug-likeness (QED) is 0.286. The van der Waals surface area contributed by atoms with Gasteiger partial charge in [0.05, 0.1) is 23.9 Å². The lowest BCUT2D eigenvalue weighted by Gasteiger charge is -2.07. The van der Waals surface area contributed by atoms with Crippen LogP contribution >= 0.6 is 11.8 Å². The van der Waals surface area contributed by atoms with Gasteiger partial charge < -0.3 is 10.1 Å². The topological polar surface area (TPSA) is 92.8 Å². The molecular formula is C18H19N5O2S. The molecule has 0 fully saturated rings. The van der Waals surface area contributed by atoms with E-state index in [-0.39, 0.29) is 5.91 Å². The number of H-pyrrole nitrogens is 1. The second kappa shape index (κ2) is 8.48. The predicted octanol–water partition coefficient (Wildman–Crippen LogP) is 3.52. The summed E-state index contributed by atoms with van der Waals surface area (Å²) < 4.78 is 5.27. The zero-order chi connectivity index (χ0) is 18.4. The van der Waals surface area contributed by atoms with Gasteiger partial charge in [0, 0.05) is 17.5 Å². The molecule has 3 aromatic rings. The molecule has 0 spiro atoms. The molecule has 1 amide bonds. The number of hydrogen-bond donors (Lipinski definition) is 2. The standard InChI is InChI=1S/C18H19N5O2S/c1-3-25-12(2)7-16(24)22-14-6-4-5-13(8-14)10-26-18-15-9-21-23-17(15)19-11-20-18/h4-9,11H,3,10H2,1-2H3,(H,22,24)(H,19,20,21,23). The Balaban J connectivity index is 1.65. The fraction of sp³-hybridized carbons (Fsp3) is 0.222. The number of nitrogens with zero attached hydrogens (tertiary/aromatic N) is 3. The van der Waals surface area contributed by atoms with E-state index in [1.165, 1.54) is 12.4 Å². The van der Waals surface area contributed by atoms with Gasteiger partial charge in [-0.05, 0) is 31.5 Å². The maximum absolute atomic E-state index is 12.0. The average Bonchev–Trinajstić information content (AvgIpc) is 3.09. The SMILES string of the molecule is CCOC(C)=CC(=O)Nc1cccc(CSc2ncnc3[nH]ncc23)c1. The Morgan fingerprint density at radius 1 is 1.38 bits per heavy atom. The number of nitrogens with one attached hydrogen (secondary N) is 2. The summed E-state index contributed by atoms with van der Waals surface area (Å²) in [5.74, 6) is 1.09. The number of aromatic nitrogens is 4. The second-order valence-corrected chi connectivity index (χ2v) is 6.44. The number of benzene rings is 1. The van der Waals surface area contributed by atoms with Crippen LogP contribution in [0.2, 0.25) is 0 Å². The number of hydrogen-bond acceptors (Lipinski definition) is 6. The molecule has 0 saturated heterocycles. The Labute approximate surface area is 155 Å². The Hall–Kier alpha value is -2.87. The molecule has 2 N–H and O–H groups in total. The number of amides is 1. The van der Waals surface area contributed by atoms with E-state index in [0.717, 1.165) is 33.1 Å². The lowest BCUT2D eigenvalue weighted by Crippen LogP contribution is -2.09. The van der Waals surface area contributed by atoms with Crippen molar-refractivity contribution in [2.24, 2.45) is 0 Å². The van der Waals surface area contributed by atoms with Crippen molar-refractivity contribution in [1.82, 2.24) is 20.2 Å². The highest BCUT2D eigenvalue weighted by molar-refractivity contribution is 7.98. The number of anilines is 1. The van der Waals surface area contributed by atoms with Gasteiger partial charge >= 0.3 is 0 Å². The molecule has 0 aliphatic carbocycles. The minimum absolute atomic E-state index is 0.211. The largest absolute Gasteiger partial charge is 0.498 e. The number of aromatic amines is 1. The normalized spacial score (nSPS) is 11.5. The van der Waals surface area contributed by atoms with Crippen molar-refractivity contribution >= 4 is 34.4 Å². The molecule has 7 nitrogen and oxygen atoms in total. The van der Waals surface area contributed by atoms with E-state index in [1.54, 1.807) is 24.9 Å². The molecule has 0 aliphatic rings. The van der Waals surface area contributed by atoms with Crippen LogP contribution in [-0.4, -0.2) is 32.7 Å². The third-order valence-electron chi connectivity index (χ3n) is 3.49. The first-order valence-corrected chi connectivity index (χ1v) is 9.12. The van der Waals surface area contributed by atoms with Gasteiger partial charge in [0.2, 0.25) is 0 Å². The van der Waals surface area contributed by atoms with Crippen molar-refractivity contribution in [2.75, 3.05) is 11.9 Å². The number of carbonyl (C=O) groups excluding carboxylic acids is 1. The van der Waals surface area contributed by atoms with Crippen molar-refractivity contribution in [3.63, 3.8) is 0 Å². The summed E-state index contributed by atoms with van der Waals surface area (Å²) in [6, 6.07) is 7.73. The van der Waals surface area contributed by atoms with Gasteiger partial charge in [-0.15, -0.1) is 11.8 Å². The molecule has 0 saturated carbocycles. The van der Waals surface area contributed by atoms with Crippen LogP contribution in [-0.2, 0) is 15.3 Å². The maximum atomic E-state index is 12.0. The van der Waals surface area contributed by atoms with Crippen molar-refractivity contribution in [3.8, 4) is 0 Å². The Kier molecular flexibility index (Phi) is 5.85. The van der Waals surface area contributed by atoms with Crippen molar-refractivity contribution in [3.05, 3.63) is 54.2 Å². The molecule has 0 aliphatic heterocycles. The molecule has 134 valence electrons. The highest BCUT2D eigenvalue weighted by Gasteiger charge is 2.07. The second-order valence-electron chi connectivity index (χ2n) is 5.48. The molecule has 2 heterocycles. The minimum Gasteiger partial charge on any atom is -0.498 e. The van der Waals surface area contributed by atoms with Crippen LogP contribution in [0.25, 0.3) is 11.0 Å². The Morgan fingerprint density at radius 3 is 3.12 bits per heavy atom. The Bertz CT molecular complexity index is 938. The van der Waals surface area contributed by atoms with E-state index in [0.29, 0.717) is 12.4 Å². The van der Waals surface area contributed by atoms with Crippen molar-refractivity contribution < 1.29 is 9.53 Å². The van der Waals surface area contributed by atoms with E-state index in [9.17, 15) is 4.79 Å². The van der Waals surface area contributed by atoms with E-state index >= 15 is 0 Å². The third kappa shape index (κ3) is 4.60. The number of fused-ring (bicyclic) bond motifs is 1. The van der Waals surface area contributed by atoms with Crippen LogP contribution in [0.3, 0.4) is 0 Å². The van der Waals surface area contributed by atoms with E-state index < -0.39 is 0 Å². The summed E-state index contributed by atoms with van der Waals surface area (Å²) in [6.07, 6.45) is 4.69. The van der Waals surface area contributed by atoms with E-state index in [2.05, 4.69) is 25.5 Å². The molecule has 2 aromatic heterocycles. The fourth-order valence-electron chi connectivity index (χ4n) is 2.38. The summed E-state index contributed by atoms with van der Waals surface area (Å²) in [5.41, 5.74) is 2.54. The van der Waals surface area contributed by atoms with Gasteiger partial charge in [0.1, 0.15) is 11.4 Å². The molecular weight excluding hydrogens is 350 g/mol. The first kappa shape index (κ1) is 17.9. The number of rotatable bonds is 7.